The summed E-state index contributed by atoms with van der Waals surface area (Å²) >= 11 is 6.22. The fourth-order valence-electron chi connectivity index (χ4n) is 3.03. The first-order valence-electron chi connectivity index (χ1n) is 7.11. The Morgan fingerprint density at radius 1 is 1.24 bits per heavy atom. The predicted octanol–water partition coefficient (Wildman–Crippen LogP) is 4.00. The van der Waals surface area contributed by atoms with E-state index in [0.29, 0.717) is 18.1 Å². The minimum Gasteiger partial charge on any atom is -0.326 e. The second-order valence-corrected chi connectivity index (χ2v) is 6.08. The molecule has 2 N–H and O–H groups in total. The smallest absolute Gasteiger partial charge is 0.326 e. The highest BCUT2D eigenvalue weighted by atomic mass is 35.5. The highest BCUT2D eigenvalue weighted by Crippen LogP contribution is 2.38. The van der Waals surface area contributed by atoms with Crippen LogP contribution >= 0.6 is 11.6 Å². The van der Waals surface area contributed by atoms with Gasteiger partial charge in [-0.1, -0.05) is 29.8 Å². The van der Waals surface area contributed by atoms with E-state index in [9.17, 15) is 13.2 Å². The molecule has 2 rings (SSSR count). The van der Waals surface area contributed by atoms with E-state index in [1.54, 1.807) is 6.07 Å². The van der Waals surface area contributed by atoms with Gasteiger partial charge in [0.15, 0.2) is 0 Å². The van der Waals surface area contributed by atoms with E-state index in [-0.39, 0.29) is 24.9 Å². The first-order valence-corrected chi connectivity index (χ1v) is 7.49. The summed E-state index contributed by atoms with van der Waals surface area (Å²) in [4.78, 5) is 2.02. The molecule has 1 aromatic rings. The molecule has 0 bridgehead atoms. The Balaban J connectivity index is 2.13. The van der Waals surface area contributed by atoms with Crippen molar-refractivity contribution in [2.75, 3.05) is 13.1 Å². The molecule has 1 aromatic carbocycles. The lowest BCUT2D eigenvalue weighted by Crippen LogP contribution is -2.45. The molecule has 21 heavy (non-hydrogen) atoms. The molecule has 118 valence electrons. The third kappa shape index (κ3) is 3.90. The van der Waals surface area contributed by atoms with E-state index in [0.717, 1.165) is 5.56 Å². The van der Waals surface area contributed by atoms with Gasteiger partial charge in [0.05, 0.1) is 12.0 Å². The lowest BCUT2D eigenvalue weighted by Gasteiger charge is -2.40. The van der Waals surface area contributed by atoms with Crippen molar-refractivity contribution in [2.45, 2.75) is 38.0 Å². The number of likely N-dealkylation sites (tertiary alicyclic amines) is 1. The number of halogens is 4. The van der Waals surface area contributed by atoms with E-state index in [4.69, 9.17) is 17.3 Å². The van der Waals surface area contributed by atoms with Crippen LogP contribution in [0.15, 0.2) is 24.3 Å². The van der Waals surface area contributed by atoms with Crippen molar-refractivity contribution in [1.29, 1.82) is 0 Å². The lowest BCUT2D eigenvalue weighted by molar-refractivity contribution is -0.186. The van der Waals surface area contributed by atoms with E-state index >= 15 is 0 Å². The quantitative estimate of drug-likeness (QED) is 0.912. The summed E-state index contributed by atoms with van der Waals surface area (Å²) in [7, 11) is 0. The molecule has 1 saturated heterocycles. The Hall–Kier alpha value is -0.780. The minimum atomic E-state index is -4.10. The van der Waals surface area contributed by atoms with Crippen LogP contribution in [0.5, 0.6) is 0 Å². The summed E-state index contributed by atoms with van der Waals surface area (Å²) in [5.41, 5.74) is 6.95. The Morgan fingerprint density at radius 3 is 2.29 bits per heavy atom. The van der Waals surface area contributed by atoms with Crippen molar-refractivity contribution >= 4 is 11.6 Å². The van der Waals surface area contributed by atoms with Gasteiger partial charge in [-0.3, -0.25) is 4.90 Å². The maximum atomic E-state index is 12.8. The Labute approximate surface area is 128 Å². The average molecular weight is 321 g/mol. The van der Waals surface area contributed by atoms with Gasteiger partial charge in [-0.2, -0.15) is 13.2 Å². The molecule has 2 unspecified atom stereocenters. The van der Waals surface area contributed by atoms with Crippen molar-refractivity contribution in [2.24, 2.45) is 11.7 Å². The predicted molar refractivity (Wildman–Crippen MR) is 78.2 cm³/mol. The van der Waals surface area contributed by atoms with Crippen LogP contribution in [-0.2, 0) is 0 Å². The van der Waals surface area contributed by atoms with Crippen LogP contribution in [0.2, 0.25) is 5.02 Å². The fourth-order valence-corrected chi connectivity index (χ4v) is 3.28. The maximum absolute atomic E-state index is 12.8. The molecular formula is C15H20ClF3N2. The van der Waals surface area contributed by atoms with Crippen LogP contribution < -0.4 is 5.73 Å². The number of alkyl halides is 3. The fraction of sp³-hybridized carbons (Fsp3) is 0.600. The van der Waals surface area contributed by atoms with Crippen LogP contribution in [0.1, 0.15) is 31.4 Å². The molecule has 6 heteroatoms. The largest absolute Gasteiger partial charge is 0.391 e. The van der Waals surface area contributed by atoms with Crippen molar-refractivity contribution in [3.05, 3.63) is 34.9 Å². The molecule has 1 aliphatic heterocycles. The third-order valence-corrected chi connectivity index (χ3v) is 4.45. The average Bonchev–Trinajstić information content (AvgIpc) is 2.40. The van der Waals surface area contributed by atoms with Crippen LogP contribution in [0, 0.1) is 5.92 Å². The van der Waals surface area contributed by atoms with Gasteiger partial charge in [-0.05, 0) is 44.5 Å². The van der Waals surface area contributed by atoms with Crippen molar-refractivity contribution in [1.82, 2.24) is 4.90 Å². The zero-order valence-corrected chi connectivity index (χ0v) is 12.7. The number of hydrogen-bond acceptors (Lipinski definition) is 2. The van der Waals surface area contributed by atoms with E-state index in [1.807, 2.05) is 30.0 Å². The van der Waals surface area contributed by atoms with Crippen LogP contribution in [0.4, 0.5) is 13.2 Å². The molecule has 2 nitrogen and oxygen atoms in total. The second-order valence-electron chi connectivity index (χ2n) is 5.68. The number of hydrogen-bond donors (Lipinski definition) is 1. The van der Waals surface area contributed by atoms with Gasteiger partial charge in [-0.25, -0.2) is 0 Å². The van der Waals surface area contributed by atoms with E-state index in [1.165, 1.54) is 0 Å². The normalized spacial score (nSPS) is 21.2. The zero-order chi connectivity index (χ0) is 15.6. The maximum Gasteiger partial charge on any atom is 0.391 e. The van der Waals surface area contributed by atoms with Gasteiger partial charge in [0.25, 0.3) is 0 Å². The van der Waals surface area contributed by atoms with Crippen molar-refractivity contribution < 1.29 is 13.2 Å². The van der Waals surface area contributed by atoms with Crippen LogP contribution in [0.3, 0.4) is 0 Å². The van der Waals surface area contributed by atoms with Crippen LogP contribution in [-0.4, -0.2) is 30.2 Å². The van der Waals surface area contributed by atoms with E-state index < -0.39 is 12.1 Å². The van der Waals surface area contributed by atoms with Crippen LogP contribution in [0.25, 0.3) is 0 Å². The minimum absolute atomic E-state index is 0.122. The van der Waals surface area contributed by atoms with Gasteiger partial charge in [0, 0.05) is 11.1 Å². The molecule has 1 heterocycles. The summed E-state index contributed by atoms with van der Waals surface area (Å²) in [6.07, 6.45) is -3.85. The monoisotopic (exact) mass is 320 g/mol. The molecule has 2 atom stereocenters. The third-order valence-electron chi connectivity index (χ3n) is 4.11. The number of rotatable bonds is 3. The zero-order valence-electron chi connectivity index (χ0n) is 11.9. The van der Waals surface area contributed by atoms with Gasteiger partial charge in [0.2, 0.25) is 0 Å². The topological polar surface area (TPSA) is 29.3 Å². The van der Waals surface area contributed by atoms with Gasteiger partial charge in [-0.15, -0.1) is 0 Å². The summed E-state index contributed by atoms with van der Waals surface area (Å²) in [6.45, 7) is 2.65. The molecular weight excluding hydrogens is 301 g/mol. The molecule has 0 aliphatic carbocycles. The number of piperidine rings is 1. The number of nitrogens with two attached hydrogens (primary N) is 1. The Kier molecular flexibility index (Phi) is 5.17. The van der Waals surface area contributed by atoms with E-state index in [2.05, 4.69) is 0 Å². The number of benzene rings is 1. The molecule has 0 saturated carbocycles. The second kappa shape index (κ2) is 6.55. The Morgan fingerprint density at radius 2 is 1.81 bits per heavy atom. The van der Waals surface area contributed by atoms with Gasteiger partial charge in [0.1, 0.15) is 0 Å². The first-order chi connectivity index (χ1) is 9.80. The first kappa shape index (κ1) is 16.6. The molecule has 0 spiro atoms. The molecule has 0 amide bonds. The summed E-state index contributed by atoms with van der Waals surface area (Å²) in [6, 6.07) is 7.04. The Bertz CT molecular complexity index is 468. The summed E-state index contributed by atoms with van der Waals surface area (Å²) in [5, 5.41) is 0.609. The molecule has 0 aromatic heterocycles. The van der Waals surface area contributed by atoms with Crippen molar-refractivity contribution in [3.63, 3.8) is 0 Å². The highest BCUT2D eigenvalue weighted by Gasteiger charge is 2.42. The standard InChI is InChI=1S/C15H20ClF3N2/c1-10(20)14(12-4-2-3-5-13(12)16)21-8-6-11(7-9-21)15(17,18)19/h2-5,10-11,14H,6-9,20H2,1H3. The molecule has 1 aliphatic rings. The van der Waals surface area contributed by atoms with Gasteiger partial charge >= 0.3 is 6.18 Å². The number of nitrogens with zero attached hydrogens (tertiary/aromatic N) is 1. The molecule has 1 fully saturated rings. The SMILES string of the molecule is CC(N)C(c1ccccc1Cl)N1CCC(C(F)(F)F)CC1. The lowest BCUT2D eigenvalue weighted by atomic mass is 9.91. The summed E-state index contributed by atoms with van der Waals surface area (Å²) < 4.78 is 38.3. The summed E-state index contributed by atoms with van der Waals surface area (Å²) in [5.74, 6) is -1.20. The van der Waals surface area contributed by atoms with Crippen molar-refractivity contribution in [3.8, 4) is 0 Å². The highest BCUT2D eigenvalue weighted by molar-refractivity contribution is 6.31. The molecule has 0 radical (unpaired) electrons. The van der Waals surface area contributed by atoms with Gasteiger partial charge < -0.3 is 5.73 Å².